The maximum Gasteiger partial charge on any atom is 0.529 e. The molecule has 8 heteroatoms. The first-order valence-corrected chi connectivity index (χ1v) is 10.9. The van der Waals surface area contributed by atoms with Crippen LogP contribution in [-0.2, 0) is 18.4 Å². The Bertz CT molecular complexity index is 396. The fraction of sp³-hybridized carbons (Fsp3) is 0.941. The van der Waals surface area contributed by atoms with Crippen LogP contribution < -0.4 is 0 Å². The van der Waals surface area contributed by atoms with Crippen molar-refractivity contribution >= 4 is 13.8 Å². The Labute approximate surface area is 151 Å². The van der Waals surface area contributed by atoms with E-state index in [-0.39, 0.29) is 13.0 Å². The number of rotatable bonds is 16. The topological polar surface area (TPSA) is 113 Å². The first kappa shape index (κ1) is 24.5. The van der Waals surface area contributed by atoms with Crippen LogP contribution in [-0.4, -0.2) is 39.9 Å². The van der Waals surface area contributed by atoms with E-state index in [1.54, 1.807) is 0 Å². The number of phosphoric ester groups is 1. The number of hydrogen-bond donors (Lipinski definition) is 3. The molecule has 0 bridgehead atoms. The Balaban J connectivity index is 3.76. The van der Waals surface area contributed by atoms with Crippen molar-refractivity contribution in [2.24, 2.45) is 0 Å². The van der Waals surface area contributed by atoms with Crippen LogP contribution >= 0.6 is 7.82 Å². The van der Waals surface area contributed by atoms with Gasteiger partial charge in [0.2, 0.25) is 0 Å². The van der Waals surface area contributed by atoms with E-state index < -0.39 is 26.0 Å². The van der Waals surface area contributed by atoms with E-state index in [2.05, 4.69) is 11.4 Å². The summed E-state index contributed by atoms with van der Waals surface area (Å²) in [5.74, 6) is -1.36. The van der Waals surface area contributed by atoms with Crippen molar-refractivity contribution in [3.63, 3.8) is 0 Å². The molecule has 2 unspecified atom stereocenters. The van der Waals surface area contributed by atoms with Crippen LogP contribution in [0.3, 0.4) is 0 Å². The summed E-state index contributed by atoms with van der Waals surface area (Å²) in [4.78, 5) is 21.1. The molecule has 0 heterocycles. The molecule has 0 aromatic heterocycles. The predicted molar refractivity (Wildman–Crippen MR) is 96.0 cm³/mol. The van der Waals surface area contributed by atoms with Gasteiger partial charge in [0.05, 0.1) is 13.2 Å². The minimum atomic E-state index is -4.57. The van der Waals surface area contributed by atoms with Crippen LogP contribution in [0.5, 0.6) is 0 Å². The molecule has 0 amide bonds. The second kappa shape index (κ2) is 13.7. The summed E-state index contributed by atoms with van der Waals surface area (Å²) in [7, 11) is -4.57. The van der Waals surface area contributed by atoms with Gasteiger partial charge in [-0.2, -0.15) is 0 Å². The third-order valence-corrected chi connectivity index (χ3v) is 5.08. The molecule has 3 N–H and O–H groups in total. The molecular formula is C17H35O7P. The van der Waals surface area contributed by atoms with Crippen molar-refractivity contribution in [1.29, 1.82) is 0 Å². The number of hydrogen-bond acceptors (Lipinski definition) is 6. The minimum absolute atomic E-state index is 0.00123. The highest BCUT2D eigenvalue weighted by molar-refractivity contribution is 7.48. The summed E-state index contributed by atoms with van der Waals surface area (Å²) in [6, 6.07) is 0. The summed E-state index contributed by atoms with van der Waals surface area (Å²) in [5.41, 5.74) is -2.18. The number of unbranched alkanes of at least 4 members (excludes halogenated alkanes) is 9. The highest BCUT2D eigenvalue weighted by Gasteiger charge is 2.40. The van der Waals surface area contributed by atoms with Crippen molar-refractivity contribution in [3.8, 4) is 0 Å². The van der Waals surface area contributed by atoms with Crippen LogP contribution in [0.15, 0.2) is 0 Å². The third kappa shape index (κ3) is 11.7. The predicted octanol–water partition coefficient (Wildman–Crippen LogP) is 3.70. The molecule has 2 atom stereocenters. The van der Waals surface area contributed by atoms with Gasteiger partial charge in [0.25, 0.3) is 0 Å². The van der Waals surface area contributed by atoms with Crippen LogP contribution in [0.2, 0.25) is 0 Å². The van der Waals surface area contributed by atoms with E-state index in [9.17, 15) is 19.4 Å². The fourth-order valence-electron chi connectivity index (χ4n) is 2.31. The number of aliphatic hydroxyl groups is 2. The van der Waals surface area contributed by atoms with Crippen molar-refractivity contribution < 1.29 is 33.5 Å². The molecule has 0 rings (SSSR count). The van der Waals surface area contributed by atoms with Crippen molar-refractivity contribution in [2.75, 3.05) is 13.2 Å². The molecule has 0 aromatic rings. The Morgan fingerprint density at radius 2 is 1.44 bits per heavy atom. The lowest BCUT2D eigenvalue weighted by Gasteiger charge is -2.22. The fourth-order valence-corrected chi connectivity index (χ4v) is 3.10. The van der Waals surface area contributed by atoms with Gasteiger partial charge in [-0.05, 0) is 12.8 Å². The van der Waals surface area contributed by atoms with Gasteiger partial charge in [-0.3, -0.25) is 9.42 Å². The zero-order valence-electron chi connectivity index (χ0n) is 15.6. The molecule has 0 aromatic carbocycles. The smallest absolute Gasteiger partial charge is 0.393 e. The van der Waals surface area contributed by atoms with Gasteiger partial charge in [0.15, 0.2) is 5.60 Å². The van der Waals surface area contributed by atoms with Gasteiger partial charge in [0.1, 0.15) is 0 Å². The lowest BCUT2D eigenvalue weighted by atomic mass is 10.0. The van der Waals surface area contributed by atoms with Gasteiger partial charge in [0, 0.05) is 0 Å². The Morgan fingerprint density at radius 3 is 1.88 bits per heavy atom. The first-order valence-electron chi connectivity index (χ1n) is 9.36. The molecule has 0 fully saturated rings. The Morgan fingerprint density at radius 1 is 0.960 bits per heavy atom. The van der Waals surface area contributed by atoms with Crippen LogP contribution in [0, 0.1) is 0 Å². The highest BCUT2D eigenvalue weighted by atomic mass is 31.2. The zero-order valence-corrected chi connectivity index (χ0v) is 16.5. The van der Waals surface area contributed by atoms with Gasteiger partial charge in [-0.15, -0.1) is 0 Å². The molecule has 0 radical (unpaired) electrons. The average Bonchev–Trinajstić information content (AvgIpc) is 2.58. The summed E-state index contributed by atoms with van der Waals surface area (Å²) >= 11 is 0. The second-order valence-corrected chi connectivity index (χ2v) is 7.78. The Kier molecular flexibility index (Phi) is 13.5. The SMILES string of the molecule is CCCCCCCCCCCCOP(=O)(O)OC(=O)C(O)(CC)CO. The van der Waals surface area contributed by atoms with E-state index in [0.29, 0.717) is 6.42 Å². The molecule has 0 spiro atoms. The van der Waals surface area contributed by atoms with E-state index in [4.69, 9.17) is 9.63 Å². The Hall–Kier alpha value is -0.460. The molecule has 0 saturated carbocycles. The highest BCUT2D eigenvalue weighted by Crippen LogP contribution is 2.44. The van der Waals surface area contributed by atoms with Gasteiger partial charge >= 0.3 is 13.8 Å². The van der Waals surface area contributed by atoms with Crippen LogP contribution in [0.4, 0.5) is 0 Å². The maximum absolute atomic E-state index is 11.7. The second-order valence-electron chi connectivity index (χ2n) is 6.41. The van der Waals surface area contributed by atoms with Gasteiger partial charge in [-0.1, -0.05) is 71.6 Å². The molecular weight excluding hydrogens is 347 g/mol. The maximum atomic E-state index is 11.7. The molecule has 25 heavy (non-hydrogen) atoms. The number of carbonyl (C=O) groups excluding carboxylic acids is 1. The minimum Gasteiger partial charge on any atom is -0.393 e. The molecule has 0 saturated heterocycles. The van der Waals surface area contributed by atoms with E-state index >= 15 is 0 Å². The lowest BCUT2D eigenvalue weighted by molar-refractivity contribution is -0.161. The van der Waals surface area contributed by atoms with Crippen molar-refractivity contribution in [2.45, 2.75) is 90.1 Å². The lowest BCUT2D eigenvalue weighted by Crippen LogP contribution is -2.42. The molecule has 0 aliphatic carbocycles. The number of phosphoric acid groups is 1. The summed E-state index contributed by atoms with van der Waals surface area (Å²) in [6.45, 7) is 2.76. The van der Waals surface area contributed by atoms with E-state index in [1.165, 1.54) is 45.4 Å². The third-order valence-electron chi connectivity index (χ3n) is 4.18. The molecule has 150 valence electrons. The quantitative estimate of drug-likeness (QED) is 0.275. The zero-order chi connectivity index (χ0) is 19.2. The molecule has 0 aliphatic rings. The van der Waals surface area contributed by atoms with Crippen LogP contribution in [0.1, 0.15) is 84.5 Å². The average molecular weight is 382 g/mol. The molecule has 0 aliphatic heterocycles. The summed E-state index contributed by atoms with van der Waals surface area (Å²) in [5, 5.41) is 18.7. The normalized spacial score (nSPS) is 16.2. The van der Waals surface area contributed by atoms with Crippen molar-refractivity contribution in [1.82, 2.24) is 0 Å². The summed E-state index contributed by atoms with van der Waals surface area (Å²) in [6.07, 6.45) is 11.1. The van der Waals surface area contributed by atoms with Crippen molar-refractivity contribution in [3.05, 3.63) is 0 Å². The first-order chi connectivity index (χ1) is 11.8. The van der Waals surface area contributed by atoms with E-state index in [1.807, 2.05) is 0 Å². The standard InChI is InChI=1S/C17H35O7P/c1-3-5-6-7-8-9-10-11-12-13-14-23-25(21,22)24-16(19)17(20,4-2)15-18/h18,20H,3-15H2,1-2H3,(H,21,22). The number of aliphatic hydroxyl groups excluding tert-OH is 1. The van der Waals surface area contributed by atoms with Gasteiger partial charge in [-0.25, -0.2) is 9.36 Å². The van der Waals surface area contributed by atoms with E-state index in [0.717, 1.165) is 19.3 Å². The van der Waals surface area contributed by atoms with Crippen LogP contribution in [0.25, 0.3) is 0 Å². The number of carbonyl (C=O) groups is 1. The largest absolute Gasteiger partial charge is 0.529 e. The monoisotopic (exact) mass is 382 g/mol. The van der Waals surface area contributed by atoms with Gasteiger partial charge < -0.3 is 14.7 Å². The summed E-state index contributed by atoms with van der Waals surface area (Å²) < 4.78 is 20.7. The molecule has 7 nitrogen and oxygen atoms in total.